The van der Waals surface area contributed by atoms with Crippen LogP contribution in [0.2, 0.25) is 0 Å². The minimum absolute atomic E-state index is 0.795. The Hall–Kier alpha value is -1.75. The summed E-state index contributed by atoms with van der Waals surface area (Å²) in [6, 6.07) is 0. The van der Waals surface area contributed by atoms with Crippen LogP contribution in [0, 0.1) is 30.2 Å². The highest BCUT2D eigenvalue weighted by Gasteiger charge is 2.21. The summed E-state index contributed by atoms with van der Waals surface area (Å²) in [4.78, 5) is 2.05. The fourth-order valence-corrected chi connectivity index (χ4v) is 0.862. The van der Waals surface area contributed by atoms with Gasteiger partial charge in [-0.3, -0.25) is 0 Å². The molecule has 0 aromatic heterocycles. The SMILES string of the molecule is Cc1c(F)c(F)c(N=[N+]=[N-])c(F)c1F. The maximum absolute atomic E-state index is 12.8. The van der Waals surface area contributed by atoms with Crippen molar-refractivity contribution in [2.45, 2.75) is 6.92 Å². The van der Waals surface area contributed by atoms with E-state index in [9.17, 15) is 17.6 Å². The number of nitrogens with zero attached hydrogens (tertiary/aromatic N) is 3. The average molecular weight is 205 g/mol. The van der Waals surface area contributed by atoms with Crippen LogP contribution in [0.15, 0.2) is 5.11 Å². The fourth-order valence-electron chi connectivity index (χ4n) is 0.862. The van der Waals surface area contributed by atoms with Crippen LogP contribution < -0.4 is 0 Å². The first-order chi connectivity index (χ1) is 6.50. The lowest BCUT2D eigenvalue weighted by atomic mass is 10.2. The first-order valence-electron chi connectivity index (χ1n) is 3.38. The predicted octanol–water partition coefficient (Wildman–Crippen LogP) is 3.49. The normalized spacial score (nSPS) is 9.79. The number of hydrogen-bond donors (Lipinski definition) is 0. The van der Waals surface area contributed by atoms with Gasteiger partial charge in [0, 0.05) is 10.5 Å². The Morgan fingerprint density at radius 1 is 1.00 bits per heavy atom. The summed E-state index contributed by atoms with van der Waals surface area (Å²) >= 11 is 0. The van der Waals surface area contributed by atoms with Gasteiger partial charge in [0.15, 0.2) is 23.3 Å². The lowest BCUT2D eigenvalue weighted by Gasteiger charge is -2.04. The molecule has 1 aromatic rings. The number of halogens is 4. The van der Waals surface area contributed by atoms with E-state index < -0.39 is 34.5 Å². The second-order valence-corrected chi connectivity index (χ2v) is 2.42. The van der Waals surface area contributed by atoms with Crippen molar-refractivity contribution in [2.75, 3.05) is 0 Å². The van der Waals surface area contributed by atoms with E-state index >= 15 is 0 Å². The van der Waals surface area contributed by atoms with Crippen molar-refractivity contribution in [3.63, 3.8) is 0 Å². The van der Waals surface area contributed by atoms with Gasteiger partial charge in [0.2, 0.25) is 0 Å². The quantitative estimate of drug-likeness (QED) is 0.221. The van der Waals surface area contributed by atoms with Gasteiger partial charge in [-0.1, -0.05) is 5.11 Å². The number of hydrogen-bond acceptors (Lipinski definition) is 1. The van der Waals surface area contributed by atoms with Crippen LogP contribution in [0.3, 0.4) is 0 Å². The van der Waals surface area contributed by atoms with Gasteiger partial charge in [-0.25, -0.2) is 17.6 Å². The number of azide groups is 1. The zero-order valence-corrected chi connectivity index (χ0v) is 6.85. The monoisotopic (exact) mass is 205 g/mol. The highest BCUT2D eigenvalue weighted by molar-refractivity contribution is 5.44. The maximum Gasteiger partial charge on any atom is 0.171 e. The molecule has 1 aromatic carbocycles. The topological polar surface area (TPSA) is 48.8 Å². The van der Waals surface area contributed by atoms with E-state index in [0.717, 1.165) is 6.92 Å². The van der Waals surface area contributed by atoms with Gasteiger partial charge < -0.3 is 0 Å². The van der Waals surface area contributed by atoms with Crippen molar-refractivity contribution in [3.8, 4) is 0 Å². The van der Waals surface area contributed by atoms with Gasteiger partial charge in [0.05, 0.1) is 0 Å². The first kappa shape index (κ1) is 10.3. The zero-order valence-electron chi connectivity index (χ0n) is 6.85. The summed E-state index contributed by atoms with van der Waals surface area (Å²) in [5.41, 5.74) is 5.81. The Morgan fingerprint density at radius 2 is 1.43 bits per heavy atom. The highest BCUT2D eigenvalue weighted by atomic mass is 19.2. The molecule has 0 aliphatic carbocycles. The zero-order chi connectivity index (χ0) is 10.9. The molecule has 1 rings (SSSR count). The van der Waals surface area contributed by atoms with E-state index in [2.05, 4.69) is 10.0 Å². The lowest BCUT2D eigenvalue weighted by Crippen LogP contribution is -1.99. The molecule has 3 nitrogen and oxygen atoms in total. The molecule has 0 fully saturated rings. The third-order valence-corrected chi connectivity index (χ3v) is 1.60. The van der Waals surface area contributed by atoms with E-state index in [4.69, 9.17) is 5.53 Å². The van der Waals surface area contributed by atoms with Crippen molar-refractivity contribution in [1.82, 2.24) is 0 Å². The summed E-state index contributed by atoms with van der Waals surface area (Å²) in [6.07, 6.45) is 0. The van der Waals surface area contributed by atoms with Crippen LogP contribution >= 0.6 is 0 Å². The molecule has 0 saturated heterocycles. The molecule has 0 atom stereocenters. The summed E-state index contributed by atoms with van der Waals surface area (Å²) in [6.45, 7) is 0.872. The molecule has 0 spiro atoms. The summed E-state index contributed by atoms with van der Waals surface area (Å²) in [5, 5.41) is 2.52. The summed E-state index contributed by atoms with van der Waals surface area (Å²) in [5.74, 6) is -6.52. The van der Waals surface area contributed by atoms with E-state index in [1.165, 1.54) is 0 Å². The molecule has 0 radical (unpaired) electrons. The Kier molecular flexibility index (Phi) is 2.62. The van der Waals surface area contributed by atoms with Gasteiger partial charge in [0.25, 0.3) is 0 Å². The molecule has 0 heterocycles. The fraction of sp³-hybridized carbons (Fsp3) is 0.143. The average Bonchev–Trinajstić information content (AvgIpc) is 2.19. The van der Waals surface area contributed by atoms with Crippen LogP contribution in [0.25, 0.3) is 10.4 Å². The van der Waals surface area contributed by atoms with Crippen molar-refractivity contribution in [2.24, 2.45) is 5.11 Å². The van der Waals surface area contributed by atoms with Gasteiger partial charge in [-0.2, -0.15) is 0 Å². The van der Waals surface area contributed by atoms with Crippen LogP contribution in [0.4, 0.5) is 23.2 Å². The molecule has 7 heteroatoms. The van der Waals surface area contributed by atoms with E-state index in [-0.39, 0.29) is 0 Å². The molecular weight excluding hydrogens is 202 g/mol. The van der Waals surface area contributed by atoms with Gasteiger partial charge in [-0.15, -0.1) is 0 Å². The van der Waals surface area contributed by atoms with Crippen LogP contribution in [-0.2, 0) is 0 Å². The van der Waals surface area contributed by atoms with Crippen molar-refractivity contribution >= 4 is 5.69 Å². The molecule has 0 bridgehead atoms. The third-order valence-electron chi connectivity index (χ3n) is 1.60. The van der Waals surface area contributed by atoms with Crippen LogP contribution in [0.5, 0.6) is 0 Å². The molecule has 14 heavy (non-hydrogen) atoms. The minimum Gasteiger partial charge on any atom is -0.203 e. The van der Waals surface area contributed by atoms with E-state index in [1.54, 1.807) is 0 Å². The van der Waals surface area contributed by atoms with Gasteiger partial charge in [-0.05, 0) is 12.5 Å². The van der Waals surface area contributed by atoms with Crippen LogP contribution in [0.1, 0.15) is 5.56 Å². The van der Waals surface area contributed by atoms with Crippen molar-refractivity contribution in [3.05, 3.63) is 39.3 Å². The molecule has 0 saturated carbocycles. The second kappa shape index (κ2) is 3.55. The van der Waals surface area contributed by atoms with Crippen molar-refractivity contribution in [1.29, 1.82) is 0 Å². The molecule has 0 N–H and O–H groups in total. The molecule has 0 aliphatic heterocycles. The molecule has 0 aliphatic rings. The first-order valence-corrected chi connectivity index (χ1v) is 3.38. The Labute approximate surface area is 75.6 Å². The highest BCUT2D eigenvalue weighted by Crippen LogP contribution is 2.29. The number of benzene rings is 1. The van der Waals surface area contributed by atoms with Gasteiger partial charge in [0.1, 0.15) is 5.69 Å². The molecular formula is C7H3F4N3. The number of rotatable bonds is 1. The van der Waals surface area contributed by atoms with E-state index in [1.807, 2.05) is 0 Å². The maximum atomic E-state index is 12.8. The second-order valence-electron chi connectivity index (χ2n) is 2.42. The molecule has 0 unspecified atom stereocenters. The summed E-state index contributed by atoms with van der Waals surface area (Å²) < 4.78 is 51.3. The Morgan fingerprint density at radius 3 is 1.79 bits per heavy atom. The third kappa shape index (κ3) is 1.38. The summed E-state index contributed by atoms with van der Waals surface area (Å²) in [7, 11) is 0. The van der Waals surface area contributed by atoms with Crippen molar-refractivity contribution < 1.29 is 17.6 Å². The largest absolute Gasteiger partial charge is 0.203 e. The van der Waals surface area contributed by atoms with E-state index in [0.29, 0.717) is 0 Å². The molecule has 74 valence electrons. The molecule has 0 amide bonds. The minimum atomic E-state index is -1.70. The van der Waals surface area contributed by atoms with Gasteiger partial charge >= 0.3 is 0 Å². The predicted molar refractivity (Wildman–Crippen MR) is 39.8 cm³/mol. The Bertz CT molecular complexity index is 408. The lowest BCUT2D eigenvalue weighted by molar-refractivity contribution is 0.448. The smallest absolute Gasteiger partial charge is 0.171 e. The standard InChI is InChI=1S/C7H3F4N3/c1-2-3(8)5(10)7(13-14-12)6(11)4(2)9/h1H3. The van der Waals surface area contributed by atoms with Crippen LogP contribution in [-0.4, -0.2) is 0 Å². The Balaban J connectivity index is 3.67.